The average molecular weight is 304 g/mol. The number of aliphatic hydroxyl groups is 1. The molecular formula is C12H20N2O7. The number of aliphatic carboxylic acids is 1. The predicted octanol–water partition coefficient (Wildman–Crippen LogP) is -1.20. The number of amides is 2. The van der Waals surface area contributed by atoms with Crippen LogP contribution in [0.25, 0.3) is 0 Å². The molecule has 0 aliphatic carbocycles. The highest BCUT2D eigenvalue weighted by atomic mass is 16.5. The molecule has 1 saturated heterocycles. The fraction of sp³-hybridized carbons (Fsp3) is 0.750. The number of carboxylic acid groups (broad SMARTS) is 1. The minimum Gasteiger partial charge on any atom is -0.480 e. The molecule has 0 saturated carbocycles. The maximum Gasteiger partial charge on any atom is 0.326 e. The summed E-state index contributed by atoms with van der Waals surface area (Å²) in [6.45, 7) is 0.388. The molecule has 0 bridgehead atoms. The molecule has 2 atom stereocenters. The van der Waals surface area contributed by atoms with Crippen molar-refractivity contribution >= 4 is 18.0 Å². The molecule has 1 unspecified atom stereocenters. The van der Waals surface area contributed by atoms with Crippen molar-refractivity contribution in [3.05, 3.63) is 0 Å². The molecule has 1 aliphatic heterocycles. The molecule has 3 N–H and O–H groups in total. The summed E-state index contributed by atoms with van der Waals surface area (Å²) in [6, 6.07) is -1.71. The molecule has 21 heavy (non-hydrogen) atoms. The van der Waals surface area contributed by atoms with Gasteiger partial charge in [-0.05, 0) is 0 Å². The molecule has 9 nitrogen and oxygen atoms in total. The number of nitrogens with zero attached hydrogens (tertiary/aromatic N) is 1. The van der Waals surface area contributed by atoms with Crippen molar-refractivity contribution in [3.63, 3.8) is 0 Å². The second-order valence-corrected chi connectivity index (χ2v) is 4.57. The molecular weight excluding hydrogens is 284 g/mol. The topological polar surface area (TPSA) is 125 Å². The van der Waals surface area contributed by atoms with E-state index in [1.807, 2.05) is 0 Å². The number of aliphatic hydroxyl groups excluding tert-OH is 1. The van der Waals surface area contributed by atoms with Crippen LogP contribution in [0.15, 0.2) is 0 Å². The van der Waals surface area contributed by atoms with E-state index in [-0.39, 0.29) is 32.6 Å². The number of morpholine rings is 1. The van der Waals surface area contributed by atoms with Crippen molar-refractivity contribution < 1.29 is 34.1 Å². The number of urea groups is 1. The minimum absolute atomic E-state index is 0.0271. The number of methoxy groups -OCH3 is 1. The van der Waals surface area contributed by atoms with Gasteiger partial charge >= 0.3 is 18.0 Å². The molecule has 0 aromatic heterocycles. The van der Waals surface area contributed by atoms with Gasteiger partial charge in [-0.2, -0.15) is 0 Å². The summed E-state index contributed by atoms with van der Waals surface area (Å²) in [4.78, 5) is 35.5. The predicted molar refractivity (Wildman–Crippen MR) is 69.6 cm³/mol. The monoisotopic (exact) mass is 304 g/mol. The van der Waals surface area contributed by atoms with Gasteiger partial charge in [0.2, 0.25) is 0 Å². The van der Waals surface area contributed by atoms with Gasteiger partial charge in [-0.3, -0.25) is 4.79 Å². The second kappa shape index (κ2) is 8.42. The Kier molecular flexibility index (Phi) is 6.89. The summed E-state index contributed by atoms with van der Waals surface area (Å²) in [7, 11) is 1.27. The van der Waals surface area contributed by atoms with Crippen LogP contribution in [0, 0.1) is 0 Å². The third-order valence-corrected chi connectivity index (χ3v) is 3.06. The smallest absolute Gasteiger partial charge is 0.326 e. The zero-order chi connectivity index (χ0) is 15.8. The number of carbonyl (C=O) groups is 3. The van der Waals surface area contributed by atoms with E-state index in [1.54, 1.807) is 0 Å². The molecule has 1 fully saturated rings. The Labute approximate surface area is 121 Å². The van der Waals surface area contributed by atoms with Crippen molar-refractivity contribution in [1.29, 1.82) is 0 Å². The van der Waals surface area contributed by atoms with Crippen LogP contribution >= 0.6 is 0 Å². The molecule has 9 heteroatoms. The molecule has 0 radical (unpaired) electrons. The van der Waals surface area contributed by atoms with E-state index in [0.29, 0.717) is 6.54 Å². The highest BCUT2D eigenvalue weighted by molar-refractivity contribution is 5.82. The zero-order valence-electron chi connectivity index (χ0n) is 11.8. The summed E-state index contributed by atoms with van der Waals surface area (Å²) in [6.07, 6.45) is -0.519. The van der Waals surface area contributed by atoms with Crippen LogP contribution in [0.3, 0.4) is 0 Å². The standard InChI is InChI=1S/C12H20N2O7/c1-20-10(16)6-8-7-14(3-5-21-8)12(19)13-9(2-4-15)11(17)18/h8-9,15H,2-7H2,1H3,(H,13,19)(H,17,18)/t8?,9-/m0/s1. The lowest BCUT2D eigenvalue weighted by Gasteiger charge is -2.33. The summed E-state index contributed by atoms with van der Waals surface area (Å²) in [5.74, 6) is -1.65. The largest absolute Gasteiger partial charge is 0.480 e. The minimum atomic E-state index is -1.21. The fourth-order valence-electron chi connectivity index (χ4n) is 1.92. The first-order chi connectivity index (χ1) is 9.97. The highest BCUT2D eigenvalue weighted by Crippen LogP contribution is 2.10. The van der Waals surface area contributed by atoms with Gasteiger partial charge in [-0.1, -0.05) is 0 Å². The summed E-state index contributed by atoms with van der Waals surface area (Å²) >= 11 is 0. The first-order valence-electron chi connectivity index (χ1n) is 6.55. The maximum absolute atomic E-state index is 12.0. The SMILES string of the molecule is COC(=O)CC1CN(C(=O)N[C@@H](CCO)C(=O)O)CCO1. The van der Waals surface area contributed by atoms with E-state index in [9.17, 15) is 14.4 Å². The van der Waals surface area contributed by atoms with Crippen LogP contribution in [-0.4, -0.2) is 78.6 Å². The van der Waals surface area contributed by atoms with Gasteiger partial charge < -0.3 is 29.9 Å². The quantitative estimate of drug-likeness (QED) is 0.526. The number of hydrogen-bond acceptors (Lipinski definition) is 6. The van der Waals surface area contributed by atoms with E-state index in [1.165, 1.54) is 12.0 Å². The van der Waals surface area contributed by atoms with Gasteiger partial charge in [0.1, 0.15) is 6.04 Å². The van der Waals surface area contributed by atoms with Crippen LogP contribution in [0.1, 0.15) is 12.8 Å². The Hall–Kier alpha value is -1.87. The Morgan fingerprint density at radius 3 is 2.76 bits per heavy atom. The number of hydrogen-bond donors (Lipinski definition) is 3. The molecule has 0 aromatic rings. The van der Waals surface area contributed by atoms with Crippen molar-refractivity contribution in [2.75, 3.05) is 33.4 Å². The third kappa shape index (κ3) is 5.56. The Bertz CT molecular complexity index is 388. The number of rotatable bonds is 6. The molecule has 2 amide bonds. The number of carbonyl (C=O) groups excluding carboxylic acids is 2. The Morgan fingerprint density at radius 1 is 1.48 bits per heavy atom. The van der Waals surface area contributed by atoms with Crippen LogP contribution in [0.2, 0.25) is 0 Å². The van der Waals surface area contributed by atoms with E-state index >= 15 is 0 Å². The first-order valence-corrected chi connectivity index (χ1v) is 6.55. The van der Waals surface area contributed by atoms with Crippen LogP contribution in [-0.2, 0) is 19.1 Å². The fourth-order valence-corrected chi connectivity index (χ4v) is 1.92. The highest BCUT2D eigenvalue weighted by Gasteiger charge is 2.28. The van der Waals surface area contributed by atoms with E-state index < -0.39 is 30.1 Å². The normalized spacial score (nSPS) is 19.7. The third-order valence-electron chi connectivity index (χ3n) is 3.06. The van der Waals surface area contributed by atoms with Gasteiger partial charge in [-0.15, -0.1) is 0 Å². The lowest BCUT2D eigenvalue weighted by Crippen LogP contribution is -2.53. The number of carboxylic acids is 1. The van der Waals surface area contributed by atoms with Gasteiger partial charge in [0, 0.05) is 26.1 Å². The maximum atomic E-state index is 12.0. The molecule has 1 rings (SSSR count). The Balaban J connectivity index is 2.52. The van der Waals surface area contributed by atoms with Crippen molar-refractivity contribution in [3.8, 4) is 0 Å². The summed E-state index contributed by atoms with van der Waals surface area (Å²) in [5.41, 5.74) is 0. The van der Waals surface area contributed by atoms with Gasteiger partial charge in [0.05, 0.1) is 26.2 Å². The number of esters is 1. The molecule has 1 heterocycles. The van der Waals surface area contributed by atoms with E-state index in [4.69, 9.17) is 14.9 Å². The van der Waals surface area contributed by atoms with Crippen molar-refractivity contribution in [2.24, 2.45) is 0 Å². The second-order valence-electron chi connectivity index (χ2n) is 4.57. The average Bonchev–Trinajstić information content (AvgIpc) is 2.46. The van der Waals surface area contributed by atoms with E-state index in [2.05, 4.69) is 10.1 Å². The van der Waals surface area contributed by atoms with Gasteiger partial charge in [0.15, 0.2) is 0 Å². The zero-order valence-corrected chi connectivity index (χ0v) is 11.8. The van der Waals surface area contributed by atoms with Crippen LogP contribution < -0.4 is 5.32 Å². The molecule has 120 valence electrons. The summed E-state index contributed by atoms with van der Waals surface area (Å²) < 4.78 is 9.89. The molecule has 0 spiro atoms. The van der Waals surface area contributed by atoms with Gasteiger partial charge in [0.25, 0.3) is 0 Å². The molecule has 1 aliphatic rings. The molecule has 0 aromatic carbocycles. The van der Waals surface area contributed by atoms with Gasteiger partial charge in [-0.25, -0.2) is 9.59 Å². The first kappa shape index (κ1) is 17.2. The lowest BCUT2D eigenvalue weighted by atomic mass is 10.2. The summed E-state index contributed by atoms with van der Waals surface area (Å²) in [5, 5.41) is 20.0. The van der Waals surface area contributed by atoms with Crippen LogP contribution in [0.4, 0.5) is 4.79 Å². The van der Waals surface area contributed by atoms with Crippen LogP contribution in [0.5, 0.6) is 0 Å². The van der Waals surface area contributed by atoms with Crippen molar-refractivity contribution in [1.82, 2.24) is 10.2 Å². The van der Waals surface area contributed by atoms with E-state index in [0.717, 1.165) is 0 Å². The Morgan fingerprint density at radius 2 is 2.19 bits per heavy atom. The number of nitrogens with one attached hydrogen (secondary N) is 1. The number of ether oxygens (including phenoxy) is 2. The lowest BCUT2D eigenvalue weighted by molar-refractivity contribution is -0.145. The van der Waals surface area contributed by atoms with Crippen molar-refractivity contribution in [2.45, 2.75) is 25.0 Å².